The Morgan fingerprint density at radius 3 is 2.57 bits per heavy atom. The van der Waals surface area contributed by atoms with Gasteiger partial charge >= 0.3 is 6.18 Å². The fourth-order valence-corrected chi connectivity index (χ4v) is 2.87. The number of hydrogen-bond donors (Lipinski definition) is 1. The summed E-state index contributed by atoms with van der Waals surface area (Å²) in [6.45, 7) is 0.823. The molecule has 3 heterocycles. The molecule has 5 nitrogen and oxygen atoms in total. The van der Waals surface area contributed by atoms with Crippen molar-refractivity contribution in [2.45, 2.75) is 24.9 Å². The molecule has 0 saturated carbocycles. The lowest BCUT2D eigenvalue weighted by Crippen LogP contribution is -2.38. The van der Waals surface area contributed by atoms with Gasteiger partial charge in [0.05, 0.1) is 11.1 Å². The van der Waals surface area contributed by atoms with Gasteiger partial charge in [0.15, 0.2) is 0 Å². The molecule has 1 aliphatic rings. The Balaban J connectivity index is 1.73. The molecule has 0 aromatic carbocycles. The van der Waals surface area contributed by atoms with Crippen molar-refractivity contribution in [2.75, 3.05) is 13.1 Å². The smallest absolute Gasteiger partial charge is 0.339 e. The zero-order valence-electron chi connectivity index (χ0n) is 12.2. The quantitative estimate of drug-likeness (QED) is 0.924. The number of alkyl halides is 3. The molecule has 1 saturated heterocycles. The lowest BCUT2D eigenvalue weighted by Gasteiger charge is -2.32. The van der Waals surface area contributed by atoms with Gasteiger partial charge in [0.25, 0.3) is 5.91 Å². The normalized spacial score (nSPS) is 16.6. The number of piperidine rings is 1. The molecule has 0 radical (unpaired) electrons. The van der Waals surface area contributed by atoms with Crippen LogP contribution in [0.15, 0.2) is 30.7 Å². The highest BCUT2D eigenvalue weighted by Gasteiger charge is 2.37. The largest absolute Gasteiger partial charge is 0.417 e. The highest BCUT2D eigenvalue weighted by Crippen LogP contribution is 2.33. The van der Waals surface area contributed by atoms with Gasteiger partial charge in [-0.05, 0) is 25.0 Å². The number of nitrogens with one attached hydrogen (secondary N) is 1. The molecule has 2 aromatic rings. The second-order valence-electron chi connectivity index (χ2n) is 5.50. The highest BCUT2D eigenvalue weighted by molar-refractivity contribution is 5.95. The van der Waals surface area contributed by atoms with Gasteiger partial charge in [-0.25, -0.2) is 0 Å². The van der Waals surface area contributed by atoms with Gasteiger partial charge in [-0.1, -0.05) is 0 Å². The summed E-state index contributed by atoms with van der Waals surface area (Å²) in [7, 11) is 0. The molecule has 1 N–H and O–H groups in total. The van der Waals surface area contributed by atoms with Gasteiger partial charge in [0.1, 0.15) is 0 Å². The summed E-state index contributed by atoms with van der Waals surface area (Å²) >= 11 is 0. The van der Waals surface area contributed by atoms with Crippen LogP contribution in [0.3, 0.4) is 0 Å². The van der Waals surface area contributed by atoms with Crippen molar-refractivity contribution in [2.24, 2.45) is 0 Å². The average Bonchev–Trinajstić information content (AvgIpc) is 3.08. The zero-order valence-corrected chi connectivity index (χ0v) is 12.2. The highest BCUT2D eigenvalue weighted by atomic mass is 19.4. The Morgan fingerprint density at radius 2 is 1.96 bits per heavy atom. The van der Waals surface area contributed by atoms with E-state index in [9.17, 15) is 18.0 Å². The molecule has 23 heavy (non-hydrogen) atoms. The molecule has 3 rings (SSSR count). The van der Waals surface area contributed by atoms with Crippen molar-refractivity contribution in [3.8, 4) is 0 Å². The van der Waals surface area contributed by atoms with Gasteiger partial charge in [-0.3, -0.25) is 14.9 Å². The average molecular weight is 324 g/mol. The maximum absolute atomic E-state index is 13.0. The van der Waals surface area contributed by atoms with Crippen molar-refractivity contribution in [1.29, 1.82) is 0 Å². The number of H-pyrrole nitrogens is 1. The minimum Gasteiger partial charge on any atom is -0.339 e. The third kappa shape index (κ3) is 3.20. The van der Waals surface area contributed by atoms with Gasteiger partial charge in [0, 0.05) is 43.3 Å². The van der Waals surface area contributed by atoms with Crippen LogP contribution in [0, 0.1) is 0 Å². The molecule has 2 aromatic heterocycles. The molecule has 0 atom stereocenters. The molecule has 0 aliphatic carbocycles. The summed E-state index contributed by atoms with van der Waals surface area (Å²) in [6, 6.07) is 2.72. The fourth-order valence-electron chi connectivity index (χ4n) is 2.87. The first kappa shape index (κ1) is 15.5. The van der Waals surface area contributed by atoms with Crippen LogP contribution in [0.2, 0.25) is 0 Å². The first-order valence-corrected chi connectivity index (χ1v) is 7.26. The first-order valence-electron chi connectivity index (χ1n) is 7.26. The predicted molar refractivity (Wildman–Crippen MR) is 75.7 cm³/mol. The summed E-state index contributed by atoms with van der Waals surface area (Å²) in [5.41, 5.74) is -0.331. The van der Waals surface area contributed by atoms with E-state index in [0.29, 0.717) is 25.9 Å². The maximum atomic E-state index is 13.0. The number of rotatable bonds is 2. The number of aromatic nitrogens is 3. The van der Waals surface area contributed by atoms with Gasteiger partial charge in [0.2, 0.25) is 0 Å². The second kappa shape index (κ2) is 6.02. The number of carbonyl (C=O) groups excluding carboxylic acids is 1. The minimum absolute atomic E-state index is 0.248. The van der Waals surface area contributed by atoms with E-state index in [1.807, 2.05) is 6.07 Å². The molecule has 122 valence electrons. The summed E-state index contributed by atoms with van der Waals surface area (Å²) in [6.07, 6.45) is 0.515. The third-order valence-corrected chi connectivity index (χ3v) is 4.10. The lowest BCUT2D eigenvalue weighted by atomic mass is 9.93. The van der Waals surface area contributed by atoms with E-state index in [-0.39, 0.29) is 11.5 Å². The minimum atomic E-state index is -4.57. The Morgan fingerprint density at radius 1 is 1.22 bits per heavy atom. The standard InChI is InChI=1S/C15H15F3N4O/c16-15(17,18)12-1-5-19-9-11(12)14(23)22-7-3-10(4-8-22)13-2-6-20-21-13/h1-2,5-6,9-10H,3-4,7-8H2,(H,20,21). The van der Waals surface area contributed by atoms with E-state index in [0.717, 1.165) is 24.2 Å². The van der Waals surface area contributed by atoms with Crippen LogP contribution in [0.25, 0.3) is 0 Å². The van der Waals surface area contributed by atoms with Crippen LogP contribution in [0.4, 0.5) is 13.2 Å². The molecule has 0 bridgehead atoms. The number of likely N-dealkylation sites (tertiary alicyclic amines) is 1. The van der Waals surface area contributed by atoms with Crippen molar-refractivity contribution in [3.63, 3.8) is 0 Å². The molecular formula is C15H15F3N4O. The Kier molecular flexibility index (Phi) is 4.06. The summed E-state index contributed by atoms with van der Waals surface area (Å²) in [4.78, 5) is 17.6. The van der Waals surface area contributed by atoms with Crippen LogP contribution in [-0.2, 0) is 6.18 Å². The molecule has 1 amide bonds. The molecule has 0 spiro atoms. The second-order valence-corrected chi connectivity index (χ2v) is 5.50. The van der Waals surface area contributed by atoms with Crippen LogP contribution in [0.1, 0.15) is 40.4 Å². The third-order valence-electron chi connectivity index (χ3n) is 4.10. The SMILES string of the molecule is O=C(c1cnccc1C(F)(F)F)N1CCC(c2ccn[nH]2)CC1. The summed E-state index contributed by atoms with van der Waals surface area (Å²) < 4.78 is 39.0. The van der Waals surface area contributed by atoms with Crippen molar-refractivity contribution < 1.29 is 18.0 Å². The molecule has 1 aliphatic heterocycles. The van der Waals surface area contributed by atoms with Crippen molar-refractivity contribution in [1.82, 2.24) is 20.1 Å². The number of nitrogens with zero attached hydrogens (tertiary/aromatic N) is 3. The van der Waals surface area contributed by atoms with E-state index < -0.39 is 17.6 Å². The fraction of sp³-hybridized carbons (Fsp3) is 0.400. The van der Waals surface area contributed by atoms with E-state index in [4.69, 9.17) is 0 Å². The Bertz CT molecular complexity index is 676. The van der Waals surface area contributed by atoms with E-state index in [2.05, 4.69) is 15.2 Å². The Labute approximate surface area is 130 Å². The van der Waals surface area contributed by atoms with Crippen LogP contribution in [0.5, 0.6) is 0 Å². The van der Waals surface area contributed by atoms with E-state index in [1.54, 1.807) is 6.20 Å². The number of pyridine rings is 1. The summed E-state index contributed by atoms with van der Waals surface area (Å²) in [5.74, 6) is -0.369. The predicted octanol–water partition coefficient (Wildman–Crippen LogP) is 2.84. The van der Waals surface area contributed by atoms with Crippen molar-refractivity contribution >= 4 is 5.91 Å². The molecule has 0 unspecified atom stereocenters. The lowest BCUT2D eigenvalue weighted by molar-refractivity contribution is -0.138. The van der Waals surface area contributed by atoms with E-state index >= 15 is 0 Å². The topological polar surface area (TPSA) is 61.9 Å². The number of amides is 1. The Hall–Kier alpha value is -2.38. The van der Waals surface area contributed by atoms with E-state index in [1.165, 1.54) is 4.90 Å². The zero-order chi connectivity index (χ0) is 16.4. The number of halogens is 3. The van der Waals surface area contributed by atoms with Gasteiger partial charge < -0.3 is 4.90 Å². The number of hydrogen-bond acceptors (Lipinski definition) is 3. The molecule has 8 heteroatoms. The molecule has 1 fully saturated rings. The molecular weight excluding hydrogens is 309 g/mol. The monoisotopic (exact) mass is 324 g/mol. The number of carbonyl (C=O) groups is 1. The van der Waals surface area contributed by atoms with Gasteiger partial charge in [-0.15, -0.1) is 0 Å². The summed E-state index contributed by atoms with van der Waals surface area (Å²) in [5, 5.41) is 6.80. The van der Waals surface area contributed by atoms with Crippen LogP contribution < -0.4 is 0 Å². The van der Waals surface area contributed by atoms with Crippen molar-refractivity contribution in [3.05, 3.63) is 47.5 Å². The van der Waals surface area contributed by atoms with Crippen LogP contribution >= 0.6 is 0 Å². The number of aromatic amines is 1. The van der Waals surface area contributed by atoms with Gasteiger partial charge in [-0.2, -0.15) is 18.3 Å². The maximum Gasteiger partial charge on any atom is 0.417 e. The first-order chi connectivity index (χ1) is 11.0. The van der Waals surface area contributed by atoms with Crippen LogP contribution in [-0.4, -0.2) is 39.1 Å².